The fraction of sp³-hybridized carbons (Fsp3) is 0.385. The number of benzene rings is 1. The van der Waals surface area contributed by atoms with Gasteiger partial charge in [0.15, 0.2) is 0 Å². The van der Waals surface area contributed by atoms with Crippen molar-refractivity contribution >= 4 is 29.3 Å². The number of aromatic carboxylic acids is 1. The molecule has 2 amide bonds. The molecule has 1 saturated heterocycles. The zero-order chi connectivity index (χ0) is 14.0. The van der Waals surface area contributed by atoms with Crippen molar-refractivity contribution in [2.45, 2.75) is 25.8 Å². The number of anilines is 1. The number of halogens is 1. The first-order valence-corrected chi connectivity index (χ1v) is 6.47. The maximum Gasteiger partial charge on any atom is 0.335 e. The minimum absolute atomic E-state index is 0.0918. The van der Waals surface area contributed by atoms with Crippen molar-refractivity contribution in [3.63, 3.8) is 0 Å². The normalized spacial score (nSPS) is 18.4. The Morgan fingerprint density at radius 3 is 2.79 bits per heavy atom. The van der Waals surface area contributed by atoms with Crippen molar-refractivity contribution in [2.24, 2.45) is 0 Å². The number of hydrogen-bond acceptors (Lipinski definition) is 2. The summed E-state index contributed by atoms with van der Waals surface area (Å²) in [6.07, 6.45) is 1.97. The zero-order valence-electron chi connectivity index (χ0n) is 10.5. The van der Waals surface area contributed by atoms with E-state index in [1.165, 1.54) is 18.2 Å². The molecule has 19 heavy (non-hydrogen) atoms. The minimum atomic E-state index is -1.05. The Kier molecular flexibility index (Phi) is 3.95. The lowest BCUT2D eigenvalue weighted by Gasteiger charge is -2.22. The van der Waals surface area contributed by atoms with Crippen LogP contribution in [-0.4, -0.2) is 34.6 Å². The lowest BCUT2D eigenvalue weighted by molar-refractivity contribution is 0.0697. The molecule has 0 bridgehead atoms. The van der Waals surface area contributed by atoms with Gasteiger partial charge in [-0.3, -0.25) is 0 Å². The van der Waals surface area contributed by atoms with E-state index in [2.05, 4.69) is 5.32 Å². The fourth-order valence-corrected chi connectivity index (χ4v) is 2.34. The Morgan fingerprint density at radius 1 is 1.47 bits per heavy atom. The number of urea groups is 1. The van der Waals surface area contributed by atoms with Gasteiger partial charge in [0.25, 0.3) is 0 Å². The van der Waals surface area contributed by atoms with E-state index in [0.29, 0.717) is 17.3 Å². The first-order valence-electron chi connectivity index (χ1n) is 6.09. The third-order valence-corrected chi connectivity index (χ3v) is 3.60. The van der Waals surface area contributed by atoms with Crippen LogP contribution < -0.4 is 5.32 Å². The highest BCUT2D eigenvalue weighted by Gasteiger charge is 2.25. The number of nitrogens with one attached hydrogen (secondary N) is 1. The molecule has 1 aromatic carbocycles. The quantitative estimate of drug-likeness (QED) is 0.876. The van der Waals surface area contributed by atoms with Crippen molar-refractivity contribution in [1.29, 1.82) is 0 Å². The van der Waals surface area contributed by atoms with Gasteiger partial charge in [-0.05, 0) is 38.0 Å². The molecule has 1 atom stereocenters. The van der Waals surface area contributed by atoms with Gasteiger partial charge in [0.2, 0.25) is 0 Å². The average Bonchev–Trinajstić information content (AvgIpc) is 2.78. The van der Waals surface area contributed by atoms with Gasteiger partial charge in [-0.25, -0.2) is 9.59 Å². The van der Waals surface area contributed by atoms with Gasteiger partial charge in [-0.15, -0.1) is 0 Å². The average molecular weight is 283 g/mol. The summed E-state index contributed by atoms with van der Waals surface area (Å²) < 4.78 is 0. The Balaban J connectivity index is 2.16. The molecule has 1 heterocycles. The number of carboxylic acid groups (broad SMARTS) is 1. The van der Waals surface area contributed by atoms with Crippen LogP contribution >= 0.6 is 11.6 Å². The summed E-state index contributed by atoms with van der Waals surface area (Å²) in [5.41, 5.74) is 0.417. The summed E-state index contributed by atoms with van der Waals surface area (Å²) in [4.78, 5) is 24.7. The molecular weight excluding hydrogens is 268 g/mol. The van der Waals surface area contributed by atoms with Crippen LogP contribution in [0.1, 0.15) is 30.1 Å². The molecule has 0 spiro atoms. The van der Waals surface area contributed by atoms with Crippen molar-refractivity contribution in [2.75, 3.05) is 11.9 Å². The maximum atomic E-state index is 12.1. The second-order valence-corrected chi connectivity index (χ2v) is 5.02. The maximum absolute atomic E-state index is 12.1. The lowest BCUT2D eigenvalue weighted by Crippen LogP contribution is -2.37. The molecule has 1 unspecified atom stereocenters. The number of carbonyl (C=O) groups is 2. The zero-order valence-corrected chi connectivity index (χ0v) is 11.3. The second kappa shape index (κ2) is 5.48. The van der Waals surface area contributed by atoms with Gasteiger partial charge in [-0.2, -0.15) is 0 Å². The highest BCUT2D eigenvalue weighted by Crippen LogP contribution is 2.25. The number of nitrogens with zero attached hydrogens (tertiary/aromatic N) is 1. The summed E-state index contributed by atoms with van der Waals surface area (Å²) >= 11 is 5.96. The molecule has 1 fully saturated rings. The molecule has 1 aliphatic heterocycles. The predicted molar refractivity (Wildman–Crippen MR) is 72.8 cm³/mol. The van der Waals surface area contributed by atoms with Crippen LogP contribution in [0.2, 0.25) is 5.02 Å². The highest BCUT2D eigenvalue weighted by atomic mass is 35.5. The molecule has 1 aliphatic rings. The van der Waals surface area contributed by atoms with Gasteiger partial charge in [0.1, 0.15) is 0 Å². The summed E-state index contributed by atoms with van der Waals surface area (Å²) in [6.45, 7) is 2.70. The van der Waals surface area contributed by atoms with E-state index in [0.717, 1.165) is 12.8 Å². The van der Waals surface area contributed by atoms with Crippen LogP contribution in [0.3, 0.4) is 0 Å². The third kappa shape index (κ3) is 2.98. The number of amides is 2. The largest absolute Gasteiger partial charge is 0.478 e. The summed E-state index contributed by atoms with van der Waals surface area (Å²) in [7, 11) is 0. The topological polar surface area (TPSA) is 69.6 Å². The van der Waals surface area contributed by atoms with Crippen LogP contribution in [-0.2, 0) is 0 Å². The third-order valence-electron chi connectivity index (χ3n) is 3.27. The van der Waals surface area contributed by atoms with Crippen molar-refractivity contribution in [3.05, 3.63) is 28.8 Å². The molecular formula is C13H15ClN2O3. The number of hydrogen-bond donors (Lipinski definition) is 2. The van der Waals surface area contributed by atoms with Crippen LogP contribution in [0, 0.1) is 0 Å². The number of likely N-dealkylation sites (tertiary alicyclic amines) is 1. The second-order valence-electron chi connectivity index (χ2n) is 4.61. The predicted octanol–water partition coefficient (Wildman–Crippen LogP) is 3.05. The summed E-state index contributed by atoms with van der Waals surface area (Å²) in [5, 5.41) is 11.9. The van der Waals surface area contributed by atoms with Crippen LogP contribution in [0.4, 0.5) is 10.5 Å². The van der Waals surface area contributed by atoms with Crippen LogP contribution in [0.25, 0.3) is 0 Å². The van der Waals surface area contributed by atoms with Gasteiger partial charge < -0.3 is 15.3 Å². The number of carboxylic acids is 1. The molecule has 102 valence electrons. The SMILES string of the molecule is CC1CCCN1C(=O)Nc1cc(C(=O)O)ccc1Cl. The molecule has 2 rings (SSSR count). The minimum Gasteiger partial charge on any atom is -0.478 e. The molecule has 6 heteroatoms. The van der Waals surface area contributed by atoms with Crippen molar-refractivity contribution < 1.29 is 14.7 Å². The lowest BCUT2D eigenvalue weighted by atomic mass is 10.2. The van der Waals surface area contributed by atoms with Gasteiger partial charge in [0.05, 0.1) is 16.3 Å². The van der Waals surface area contributed by atoms with Crippen molar-refractivity contribution in [3.8, 4) is 0 Å². The van der Waals surface area contributed by atoms with E-state index in [4.69, 9.17) is 16.7 Å². The molecule has 0 radical (unpaired) electrons. The fourth-order valence-electron chi connectivity index (χ4n) is 2.18. The van der Waals surface area contributed by atoms with Crippen molar-refractivity contribution in [1.82, 2.24) is 4.90 Å². The van der Waals surface area contributed by atoms with E-state index < -0.39 is 5.97 Å². The Morgan fingerprint density at radius 2 is 2.21 bits per heavy atom. The molecule has 0 aliphatic carbocycles. The molecule has 5 nitrogen and oxygen atoms in total. The Hall–Kier alpha value is -1.75. The smallest absolute Gasteiger partial charge is 0.335 e. The van der Waals surface area contributed by atoms with E-state index in [-0.39, 0.29) is 17.6 Å². The number of rotatable bonds is 2. The number of carbonyl (C=O) groups excluding carboxylic acids is 1. The molecule has 0 saturated carbocycles. The van der Waals surface area contributed by atoms with E-state index >= 15 is 0 Å². The van der Waals surface area contributed by atoms with E-state index in [1.807, 2.05) is 6.92 Å². The van der Waals surface area contributed by atoms with Gasteiger partial charge in [0, 0.05) is 12.6 Å². The molecule has 2 N–H and O–H groups in total. The molecule has 0 aromatic heterocycles. The van der Waals surface area contributed by atoms with Crippen LogP contribution in [0.5, 0.6) is 0 Å². The first-order chi connectivity index (χ1) is 8.99. The standard InChI is InChI=1S/C13H15ClN2O3/c1-8-3-2-6-16(8)13(19)15-11-7-9(12(17)18)4-5-10(11)14/h4-5,7-8H,2-3,6H2,1H3,(H,15,19)(H,17,18). The van der Waals surface area contributed by atoms with E-state index in [1.54, 1.807) is 4.90 Å². The Labute approximate surface area is 116 Å². The van der Waals surface area contributed by atoms with Crippen LogP contribution in [0.15, 0.2) is 18.2 Å². The van der Waals surface area contributed by atoms with E-state index in [9.17, 15) is 9.59 Å². The highest BCUT2D eigenvalue weighted by molar-refractivity contribution is 6.33. The summed E-state index contributed by atoms with van der Waals surface area (Å²) in [5.74, 6) is -1.05. The van der Waals surface area contributed by atoms with Gasteiger partial charge >= 0.3 is 12.0 Å². The van der Waals surface area contributed by atoms with Gasteiger partial charge in [-0.1, -0.05) is 11.6 Å². The first kappa shape index (κ1) is 13.7. The monoisotopic (exact) mass is 282 g/mol. The summed E-state index contributed by atoms with van der Waals surface area (Å²) in [6, 6.07) is 4.19. The molecule has 1 aromatic rings. The Bertz CT molecular complexity index is 519.